The van der Waals surface area contributed by atoms with Crippen LogP contribution in [0.15, 0.2) is 182 Å². The molecule has 1 amide bonds. The number of carbonyl (C=O) groups excluding carboxylic acids is 1. The van der Waals surface area contributed by atoms with E-state index in [-0.39, 0.29) is 17.4 Å². The van der Waals surface area contributed by atoms with Crippen LogP contribution in [0.5, 0.6) is 0 Å². The number of carbonyl (C=O) groups is 1. The highest BCUT2D eigenvalue weighted by Crippen LogP contribution is 2.68. The molecule has 3 N–H and O–H groups in total. The van der Waals surface area contributed by atoms with Crippen LogP contribution in [0.2, 0.25) is 0 Å². The van der Waals surface area contributed by atoms with Crippen molar-refractivity contribution in [2.45, 2.75) is 121 Å². The third-order valence-electron chi connectivity index (χ3n) is 20.2. The second kappa shape index (κ2) is 23.3. The van der Waals surface area contributed by atoms with Crippen LogP contribution in [-0.4, -0.2) is 54.7 Å². The number of hydrogen-bond donors (Lipinski definition) is 3. The van der Waals surface area contributed by atoms with Gasteiger partial charge in [0.15, 0.2) is 0 Å². The monoisotopic (exact) mass is 988 g/mol. The van der Waals surface area contributed by atoms with Crippen LogP contribution in [-0.2, 0) is 15.7 Å². The SMILES string of the molecule is C[C@H](CCC(=O)NCCN(CCCC(c1ccccc1)(c1ccccc1)c1ccccc1)CCNC(c1ccccc1)(c1ccccc1)c1ccccc1)[C@H]1CC[C@H]2[C@@H]3CC[C@@H]4C[C@H](O)CC[C@]4(C)[C@H]3CC[C@]12C. The van der Waals surface area contributed by atoms with Gasteiger partial charge in [0.05, 0.1) is 11.6 Å². The molecule has 4 aliphatic carbocycles. The quantitative estimate of drug-likeness (QED) is 0.0629. The van der Waals surface area contributed by atoms with Crippen LogP contribution in [0, 0.1) is 46.3 Å². The number of nitrogens with zero attached hydrogens (tertiary/aromatic N) is 1. The van der Waals surface area contributed by atoms with Gasteiger partial charge < -0.3 is 15.3 Å². The van der Waals surface area contributed by atoms with E-state index < -0.39 is 5.54 Å². The summed E-state index contributed by atoms with van der Waals surface area (Å²) in [5.41, 5.74) is 7.45. The molecular formula is C69H85N3O2. The van der Waals surface area contributed by atoms with Crippen molar-refractivity contribution in [2.75, 3.05) is 32.7 Å². The van der Waals surface area contributed by atoms with Crippen LogP contribution in [0.1, 0.15) is 138 Å². The van der Waals surface area contributed by atoms with Crippen molar-refractivity contribution in [2.24, 2.45) is 46.3 Å². The fraction of sp³-hybridized carbons (Fsp3) is 0.464. The number of fused-ring (bicyclic) bond motifs is 5. The molecule has 6 aromatic rings. The molecule has 4 saturated carbocycles. The lowest BCUT2D eigenvalue weighted by atomic mass is 9.44. The average Bonchev–Trinajstić information content (AvgIpc) is 3.81. The molecule has 74 heavy (non-hydrogen) atoms. The van der Waals surface area contributed by atoms with Crippen LogP contribution in [0.3, 0.4) is 0 Å². The summed E-state index contributed by atoms with van der Waals surface area (Å²) in [6.45, 7) is 11.6. The lowest BCUT2D eigenvalue weighted by Gasteiger charge is -2.61. The first-order valence-electron chi connectivity index (χ1n) is 28.9. The molecule has 5 heteroatoms. The Labute approximate surface area is 445 Å². The Morgan fingerprint density at radius 2 is 1.05 bits per heavy atom. The van der Waals surface area contributed by atoms with E-state index in [4.69, 9.17) is 0 Å². The van der Waals surface area contributed by atoms with E-state index in [9.17, 15) is 9.90 Å². The first kappa shape index (κ1) is 52.1. The van der Waals surface area contributed by atoms with Crippen LogP contribution in [0.4, 0.5) is 0 Å². The Morgan fingerprint density at radius 1 is 0.581 bits per heavy atom. The smallest absolute Gasteiger partial charge is 0.220 e. The van der Waals surface area contributed by atoms with Crippen molar-refractivity contribution < 1.29 is 9.90 Å². The number of rotatable bonds is 21. The zero-order valence-corrected chi connectivity index (χ0v) is 44.9. The molecule has 0 aliphatic heterocycles. The van der Waals surface area contributed by atoms with Gasteiger partial charge in [0.2, 0.25) is 5.91 Å². The highest BCUT2D eigenvalue weighted by Gasteiger charge is 2.60. The van der Waals surface area contributed by atoms with Gasteiger partial charge in [-0.25, -0.2) is 0 Å². The largest absolute Gasteiger partial charge is 0.393 e. The van der Waals surface area contributed by atoms with Gasteiger partial charge in [0, 0.05) is 38.0 Å². The molecule has 0 saturated heterocycles. The van der Waals surface area contributed by atoms with Crippen molar-refractivity contribution in [1.29, 1.82) is 0 Å². The van der Waals surface area contributed by atoms with E-state index in [1.807, 2.05) is 0 Å². The zero-order chi connectivity index (χ0) is 51.0. The Bertz CT molecular complexity index is 2340. The summed E-state index contributed by atoms with van der Waals surface area (Å²) in [6, 6.07) is 66.0. The van der Waals surface area contributed by atoms with Crippen molar-refractivity contribution in [1.82, 2.24) is 15.5 Å². The minimum Gasteiger partial charge on any atom is -0.393 e. The standard InChI is InChI=1S/C69H85N3O2/c1-52(62-38-39-63-61-37-36-59-51-60(73)41-44-66(59,2)64(61)42-45-67(62,63)3)35-40-65(74)70-46-49-72(48-22-43-68(53-23-10-4-11-24-53,54-25-12-5-13-26-54)55-27-14-6-15-28-55)50-47-71-69(56-29-16-7-17-30-56,57-31-18-8-19-32-57)58-33-20-9-21-34-58/h4-21,23-34,52,59-64,71,73H,22,35-51H2,1-3H3,(H,70,74)/t52-,59-,60-,61+,62-,63+,64+,66+,67-/m1/s1. The lowest BCUT2D eigenvalue weighted by molar-refractivity contribution is -0.129. The molecule has 0 bridgehead atoms. The Kier molecular flexibility index (Phi) is 16.4. The van der Waals surface area contributed by atoms with E-state index >= 15 is 0 Å². The number of amides is 1. The second-order valence-electron chi connectivity index (χ2n) is 23.9. The van der Waals surface area contributed by atoms with Gasteiger partial charge >= 0.3 is 0 Å². The molecule has 5 nitrogen and oxygen atoms in total. The maximum Gasteiger partial charge on any atom is 0.220 e. The maximum atomic E-state index is 14.0. The molecule has 10 rings (SSSR count). The van der Waals surface area contributed by atoms with Gasteiger partial charge in [0.25, 0.3) is 0 Å². The van der Waals surface area contributed by atoms with Crippen LogP contribution in [0.25, 0.3) is 0 Å². The molecule has 6 aromatic carbocycles. The third kappa shape index (κ3) is 10.5. The molecular weight excluding hydrogens is 903 g/mol. The summed E-state index contributed by atoms with van der Waals surface area (Å²) >= 11 is 0. The molecule has 0 spiro atoms. The molecule has 0 radical (unpaired) electrons. The van der Waals surface area contributed by atoms with Gasteiger partial charge in [-0.3, -0.25) is 10.1 Å². The normalized spacial score (nSPS) is 26.1. The summed E-state index contributed by atoms with van der Waals surface area (Å²) in [5, 5.41) is 18.2. The van der Waals surface area contributed by atoms with Gasteiger partial charge in [0.1, 0.15) is 0 Å². The molecule has 4 aliphatic rings. The van der Waals surface area contributed by atoms with Gasteiger partial charge in [-0.2, -0.15) is 0 Å². The van der Waals surface area contributed by atoms with Crippen molar-refractivity contribution in [3.63, 3.8) is 0 Å². The average molecular weight is 988 g/mol. The minimum absolute atomic E-state index is 0.0864. The minimum atomic E-state index is -0.559. The molecule has 9 atom stereocenters. The number of nitrogens with one attached hydrogen (secondary N) is 2. The fourth-order valence-electron chi connectivity index (χ4n) is 16.5. The molecule has 0 unspecified atom stereocenters. The number of aliphatic hydroxyl groups excluding tert-OH is 1. The number of benzene rings is 6. The summed E-state index contributed by atoms with van der Waals surface area (Å²) in [5.74, 6) is 4.58. The Morgan fingerprint density at radius 3 is 1.58 bits per heavy atom. The van der Waals surface area contributed by atoms with Crippen molar-refractivity contribution >= 4 is 5.91 Å². The summed E-state index contributed by atoms with van der Waals surface area (Å²) in [4.78, 5) is 16.5. The van der Waals surface area contributed by atoms with Crippen molar-refractivity contribution in [3.8, 4) is 0 Å². The summed E-state index contributed by atoms with van der Waals surface area (Å²) in [7, 11) is 0. The highest BCUT2D eigenvalue weighted by atomic mass is 16.3. The topological polar surface area (TPSA) is 64.6 Å². The van der Waals surface area contributed by atoms with Crippen molar-refractivity contribution in [3.05, 3.63) is 215 Å². The van der Waals surface area contributed by atoms with E-state index in [0.717, 1.165) is 76.0 Å². The third-order valence-corrected chi connectivity index (χ3v) is 20.2. The molecule has 0 heterocycles. The summed E-state index contributed by atoms with van der Waals surface area (Å²) < 4.78 is 0. The van der Waals surface area contributed by atoms with E-state index in [2.05, 4.69) is 218 Å². The predicted octanol–water partition coefficient (Wildman–Crippen LogP) is 14.2. The number of aliphatic hydroxyl groups is 1. The highest BCUT2D eigenvalue weighted by molar-refractivity contribution is 5.75. The van der Waals surface area contributed by atoms with Gasteiger partial charge in [-0.05, 0) is 163 Å². The van der Waals surface area contributed by atoms with Crippen LogP contribution < -0.4 is 10.6 Å². The Hall–Kier alpha value is -5.33. The molecule has 388 valence electrons. The summed E-state index contributed by atoms with van der Waals surface area (Å²) in [6.07, 6.45) is 14.6. The predicted molar refractivity (Wildman–Crippen MR) is 305 cm³/mol. The molecule has 0 aromatic heterocycles. The first-order valence-corrected chi connectivity index (χ1v) is 28.9. The van der Waals surface area contributed by atoms with Crippen LogP contribution >= 0.6 is 0 Å². The fourth-order valence-corrected chi connectivity index (χ4v) is 16.5. The zero-order valence-electron chi connectivity index (χ0n) is 44.9. The Balaban J connectivity index is 0.836. The van der Waals surface area contributed by atoms with Gasteiger partial charge in [-0.15, -0.1) is 0 Å². The second-order valence-corrected chi connectivity index (χ2v) is 23.9. The number of hydrogen-bond acceptors (Lipinski definition) is 4. The first-order chi connectivity index (χ1) is 36.1. The maximum absolute atomic E-state index is 14.0. The molecule has 4 fully saturated rings. The van der Waals surface area contributed by atoms with E-state index in [0.29, 0.717) is 41.5 Å². The van der Waals surface area contributed by atoms with E-state index in [1.54, 1.807) is 0 Å². The lowest BCUT2D eigenvalue weighted by Crippen LogP contribution is -2.54. The van der Waals surface area contributed by atoms with E-state index in [1.165, 1.54) is 78.3 Å². The van der Waals surface area contributed by atoms with Gasteiger partial charge in [-0.1, -0.05) is 203 Å².